The van der Waals surface area contributed by atoms with Crippen LogP contribution in [-0.4, -0.2) is 15.7 Å². The first kappa shape index (κ1) is 19.2. The quantitative estimate of drug-likeness (QED) is 0.396. The molecule has 0 aliphatic carbocycles. The zero-order chi connectivity index (χ0) is 18.1. The highest BCUT2D eigenvalue weighted by Crippen LogP contribution is 2.33. The number of carbonyl (C=O) groups excluding carboxylic acids is 1. The number of benzene rings is 1. The van der Waals surface area contributed by atoms with E-state index in [-0.39, 0.29) is 5.91 Å². The molecule has 0 bridgehead atoms. The van der Waals surface area contributed by atoms with Crippen molar-refractivity contribution in [2.45, 2.75) is 6.54 Å². The molecule has 25 heavy (non-hydrogen) atoms. The van der Waals surface area contributed by atoms with Gasteiger partial charge in [-0.15, -0.1) is 11.3 Å². The van der Waals surface area contributed by atoms with Crippen molar-refractivity contribution in [1.82, 2.24) is 9.78 Å². The lowest BCUT2D eigenvalue weighted by Gasteiger charge is -2.04. The van der Waals surface area contributed by atoms with Gasteiger partial charge in [0.1, 0.15) is 5.02 Å². The van der Waals surface area contributed by atoms with Crippen LogP contribution >= 0.6 is 78.0 Å². The largest absolute Gasteiger partial charge is 0.303 e. The number of nitrogens with zero attached hydrogens (tertiary/aromatic N) is 2. The molecule has 0 unspecified atom stereocenters. The molecule has 0 saturated carbocycles. The van der Waals surface area contributed by atoms with Crippen molar-refractivity contribution < 1.29 is 4.79 Å². The Morgan fingerprint density at radius 3 is 2.56 bits per heavy atom. The van der Waals surface area contributed by atoms with Crippen LogP contribution in [0, 0.1) is 0 Å². The number of aromatic nitrogens is 2. The van der Waals surface area contributed by atoms with Crippen LogP contribution in [0.3, 0.4) is 0 Å². The Labute approximate surface area is 179 Å². The summed E-state index contributed by atoms with van der Waals surface area (Å²) in [5.74, 6) is 0.0189. The fourth-order valence-corrected chi connectivity index (χ4v) is 4.46. The Morgan fingerprint density at radius 1 is 1.16 bits per heavy atom. The third-order valence-electron chi connectivity index (χ3n) is 3.15. The van der Waals surface area contributed by atoms with Crippen LogP contribution in [0.1, 0.15) is 15.2 Å². The summed E-state index contributed by atoms with van der Waals surface area (Å²) in [6.45, 7) is 0.447. The molecule has 0 saturated heterocycles. The van der Waals surface area contributed by atoms with E-state index in [0.717, 1.165) is 13.8 Å². The molecule has 0 fully saturated rings. The summed E-state index contributed by atoms with van der Waals surface area (Å²) in [6.07, 6.45) is 1.64. The van der Waals surface area contributed by atoms with E-state index in [1.54, 1.807) is 29.1 Å². The fourth-order valence-electron chi connectivity index (χ4n) is 2.02. The zero-order valence-electron chi connectivity index (χ0n) is 12.2. The minimum atomic E-state index is -0.280. The van der Waals surface area contributed by atoms with E-state index >= 15 is 0 Å². The van der Waals surface area contributed by atoms with Crippen molar-refractivity contribution in [3.63, 3.8) is 0 Å². The third kappa shape index (κ3) is 4.59. The second-order valence-electron chi connectivity index (χ2n) is 4.96. The molecule has 0 aliphatic heterocycles. The van der Waals surface area contributed by atoms with Crippen molar-refractivity contribution in [3.05, 3.63) is 64.2 Å². The number of anilines is 1. The highest BCUT2D eigenvalue weighted by molar-refractivity contribution is 9.13. The van der Waals surface area contributed by atoms with Crippen LogP contribution in [0.4, 0.5) is 5.82 Å². The lowest BCUT2D eigenvalue weighted by Crippen LogP contribution is -2.11. The van der Waals surface area contributed by atoms with Gasteiger partial charge < -0.3 is 5.32 Å². The molecule has 0 radical (unpaired) electrons. The molecule has 0 atom stereocenters. The predicted molar refractivity (Wildman–Crippen MR) is 110 cm³/mol. The maximum absolute atomic E-state index is 12.3. The topological polar surface area (TPSA) is 46.9 Å². The van der Waals surface area contributed by atoms with Gasteiger partial charge in [-0.05, 0) is 55.6 Å². The van der Waals surface area contributed by atoms with Gasteiger partial charge in [-0.25, -0.2) is 0 Å². The number of nitrogens with one attached hydrogen (secondary N) is 1. The lowest BCUT2D eigenvalue weighted by molar-refractivity contribution is 0.103. The molecule has 10 heteroatoms. The molecule has 1 amide bonds. The number of hydrogen-bond donors (Lipinski definition) is 1. The Balaban J connectivity index is 1.75. The second kappa shape index (κ2) is 7.98. The highest BCUT2D eigenvalue weighted by Gasteiger charge is 2.16. The zero-order valence-corrected chi connectivity index (χ0v) is 18.5. The number of rotatable bonds is 4. The predicted octanol–water partition coefficient (Wildman–Crippen LogP) is 6.73. The summed E-state index contributed by atoms with van der Waals surface area (Å²) in [6, 6.07) is 7.06. The number of thiophene rings is 1. The van der Waals surface area contributed by atoms with Gasteiger partial charge in [0.25, 0.3) is 5.91 Å². The van der Waals surface area contributed by atoms with Crippen LogP contribution in [-0.2, 0) is 6.54 Å². The van der Waals surface area contributed by atoms with Gasteiger partial charge in [0.2, 0.25) is 0 Å². The van der Waals surface area contributed by atoms with E-state index in [1.165, 1.54) is 11.3 Å². The van der Waals surface area contributed by atoms with E-state index < -0.39 is 0 Å². The van der Waals surface area contributed by atoms with Gasteiger partial charge >= 0.3 is 0 Å². The lowest BCUT2D eigenvalue weighted by atomic mass is 10.2. The Kier molecular flexibility index (Phi) is 6.13. The number of amides is 1. The van der Waals surface area contributed by atoms with Gasteiger partial charge in [-0.3, -0.25) is 9.48 Å². The van der Waals surface area contributed by atoms with Crippen LogP contribution in [0.2, 0.25) is 15.1 Å². The van der Waals surface area contributed by atoms with Gasteiger partial charge in [0.05, 0.1) is 25.3 Å². The van der Waals surface area contributed by atoms with Crippen LogP contribution in [0.15, 0.2) is 38.7 Å². The van der Waals surface area contributed by atoms with E-state index in [0.29, 0.717) is 32.3 Å². The number of halogens is 5. The van der Waals surface area contributed by atoms with Crippen LogP contribution in [0.5, 0.6) is 0 Å². The molecule has 4 nitrogen and oxygen atoms in total. The van der Waals surface area contributed by atoms with Crippen molar-refractivity contribution in [1.29, 1.82) is 0 Å². The fraction of sp³-hybridized carbons (Fsp3) is 0.0667. The normalized spacial score (nSPS) is 10.9. The van der Waals surface area contributed by atoms with Crippen LogP contribution < -0.4 is 5.32 Å². The van der Waals surface area contributed by atoms with Crippen molar-refractivity contribution >= 4 is 89.7 Å². The SMILES string of the molecule is O=C(Nc1nn(Cc2ccc(Cl)c(Cl)c2)cc1Cl)c1cc(Br)c(Br)s1. The van der Waals surface area contributed by atoms with Crippen molar-refractivity contribution in [3.8, 4) is 0 Å². The summed E-state index contributed by atoms with van der Waals surface area (Å²) in [7, 11) is 0. The Morgan fingerprint density at radius 2 is 1.92 bits per heavy atom. The summed E-state index contributed by atoms with van der Waals surface area (Å²) < 4.78 is 3.28. The van der Waals surface area contributed by atoms with E-state index in [9.17, 15) is 4.79 Å². The number of hydrogen-bond acceptors (Lipinski definition) is 3. The van der Waals surface area contributed by atoms with E-state index in [2.05, 4.69) is 42.3 Å². The van der Waals surface area contributed by atoms with Crippen molar-refractivity contribution in [2.75, 3.05) is 5.32 Å². The van der Waals surface area contributed by atoms with E-state index in [4.69, 9.17) is 34.8 Å². The minimum Gasteiger partial charge on any atom is -0.303 e. The smallest absolute Gasteiger partial charge is 0.267 e. The minimum absolute atomic E-state index is 0.280. The summed E-state index contributed by atoms with van der Waals surface area (Å²) in [5, 5.41) is 8.34. The van der Waals surface area contributed by atoms with Gasteiger partial charge in [0.15, 0.2) is 5.82 Å². The molecule has 2 heterocycles. The van der Waals surface area contributed by atoms with Gasteiger partial charge in [0, 0.05) is 10.7 Å². The summed E-state index contributed by atoms with van der Waals surface area (Å²) in [4.78, 5) is 12.8. The molecule has 3 rings (SSSR count). The monoisotopic (exact) mass is 541 g/mol. The molecule has 130 valence electrons. The molecule has 2 aromatic heterocycles. The van der Waals surface area contributed by atoms with Gasteiger partial charge in [-0.1, -0.05) is 40.9 Å². The average Bonchev–Trinajstić information content (AvgIpc) is 3.06. The molecule has 0 spiro atoms. The standard InChI is InChI=1S/C15H8Br2Cl3N3OS/c16-8-4-12(25-13(8)17)15(24)21-14-11(20)6-23(22-14)5-7-1-2-9(18)10(19)3-7/h1-4,6H,5H2,(H,21,22,24). The van der Waals surface area contributed by atoms with E-state index in [1.807, 2.05) is 6.07 Å². The summed E-state index contributed by atoms with van der Waals surface area (Å²) in [5.41, 5.74) is 0.914. The first-order valence-corrected chi connectivity index (χ1v) is 10.3. The van der Waals surface area contributed by atoms with Crippen LogP contribution in [0.25, 0.3) is 0 Å². The molecule has 1 N–H and O–H groups in total. The first-order valence-electron chi connectivity index (χ1n) is 6.76. The molecular formula is C15H8Br2Cl3N3OS. The first-order chi connectivity index (χ1) is 11.8. The third-order valence-corrected chi connectivity index (χ3v) is 7.42. The molecule has 3 aromatic rings. The highest BCUT2D eigenvalue weighted by atomic mass is 79.9. The van der Waals surface area contributed by atoms with Gasteiger partial charge in [-0.2, -0.15) is 5.10 Å². The Bertz CT molecular complexity index is 938. The Hall–Kier alpha value is -0.570. The maximum Gasteiger partial charge on any atom is 0.267 e. The molecule has 1 aromatic carbocycles. The summed E-state index contributed by atoms with van der Waals surface area (Å²) >= 11 is 26.1. The second-order valence-corrected chi connectivity index (χ2v) is 9.40. The number of carbonyl (C=O) groups is 1. The maximum atomic E-state index is 12.3. The molecule has 0 aliphatic rings. The average molecular weight is 544 g/mol. The van der Waals surface area contributed by atoms with Crippen molar-refractivity contribution in [2.24, 2.45) is 0 Å². The molecular weight excluding hydrogens is 536 g/mol.